The van der Waals surface area contributed by atoms with Crippen LogP contribution in [-0.2, 0) is 9.09 Å². The number of phosphoric ester groups is 1. The van der Waals surface area contributed by atoms with Crippen LogP contribution in [0.25, 0.3) is 6.08 Å². The summed E-state index contributed by atoms with van der Waals surface area (Å²) in [5.74, 6) is 0.788. The summed E-state index contributed by atoms with van der Waals surface area (Å²) in [5, 5.41) is 0. The molecular formula is C27H23O4P. The lowest BCUT2D eigenvalue weighted by atomic mass is 10.1. The Hall–Kier alpha value is -3.59. The number of para-hydroxylation sites is 2. The molecule has 4 nitrogen and oxygen atoms in total. The van der Waals surface area contributed by atoms with Crippen LogP contribution in [0.5, 0.6) is 11.5 Å². The van der Waals surface area contributed by atoms with Crippen LogP contribution in [0.1, 0.15) is 17.2 Å². The van der Waals surface area contributed by atoms with Crippen molar-refractivity contribution in [3.8, 4) is 11.5 Å². The molecule has 0 spiro atoms. The summed E-state index contributed by atoms with van der Waals surface area (Å²) in [6, 6.07) is 37.1. The van der Waals surface area contributed by atoms with E-state index in [1.807, 2.05) is 84.9 Å². The van der Waals surface area contributed by atoms with Gasteiger partial charge in [0.15, 0.2) is 0 Å². The van der Waals surface area contributed by atoms with Crippen LogP contribution in [0, 0.1) is 0 Å². The van der Waals surface area contributed by atoms with Gasteiger partial charge in [-0.2, -0.15) is 0 Å². The second-order valence-corrected chi connectivity index (χ2v) is 8.43. The number of benzene rings is 4. The van der Waals surface area contributed by atoms with E-state index in [1.54, 1.807) is 48.5 Å². The number of hydrogen-bond acceptors (Lipinski definition) is 4. The highest BCUT2D eigenvalue weighted by atomic mass is 31.2. The van der Waals surface area contributed by atoms with Gasteiger partial charge in [0.25, 0.3) is 0 Å². The van der Waals surface area contributed by atoms with Crippen molar-refractivity contribution in [1.29, 1.82) is 0 Å². The lowest BCUT2D eigenvalue weighted by Crippen LogP contribution is -2.09. The molecule has 0 radical (unpaired) electrons. The minimum atomic E-state index is -4.06. The monoisotopic (exact) mass is 442 g/mol. The Morgan fingerprint density at radius 1 is 0.594 bits per heavy atom. The third kappa shape index (κ3) is 6.21. The van der Waals surface area contributed by atoms with Crippen molar-refractivity contribution in [3.05, 3.63) is 139 Å². The van der Waals surface area contributed by atoms with Gasteiger partial charge in [0.05, 0.1) is 0 Å². The third-order valence-electron chi connectivity index (χ3n) is 4.55. The average Bonchev–Trinajstić information content (AvgIpc) is 2.84. The highest BCUT2D eigenvalue weighted by molar-refractivity contribution is 7.49. The molecule has 1 unspecified atom stereocenters. The van der Waals surface area contributed by atoms with Crippen LogP contribution in [0.3, 0.4) is 0 Å². The van der Waals surface area contributed by atoms with Crippen LogP contribution in [0.15, 0.2) is 127 Å². The van der Waals surface area contributed by atoms with Gasteiger partial charge >= 0.3 is 7.82 Å². The molecule has 4 rings (SSSR count). The minimum Gasteiger partial charge on any atom is -0.395 e. The zero-order valence-corrected chi connectivity index (χ0v) is 18.3. The average molecular weight is 442 g/mol. The molecule has 0 N–H and O–H groups in total. The van der Waals surface area contributed by atoms with Gasteiger partial charge in [-0.3, -0.25) is 4.52 Å². The first-order valence-electron chi connectivity index (χ1n) is 10.3. The second kappa shape index (κ2) is 10.6. The van der Waals surface area contributed by atoms with E-state index < -0.39 is 13.9 Å². The Morgan fingerprint density at radius 3 is 1.53 bits per heavy atom. The second-order valence-electron chi connectivity index (χ2n) is 6.96. The van der Waals surface area contributed by atoms with Crippen molar-refractivity contribution in [2.24, 2.45) is 0 Å². The fourth-order valence-electron chi connectivity index (χ4n) is 3.03. The predicted molar refractivity (Wildman–Crippen MR) is 127 cm³/mol. The van der Waals surface area contributed by atoms with Crippen LogP contribution < -0.4 is 9.05 Å². The quantitative estimate of drug-likeness (QED) is 0.249. The van der Waals surface area contributed by atoms with Gasteiger partial charge in [0, 0.05) is 0 Å². The molecule has 0 aliphatic heterocycles. The highest BCUT2D eigenvalue weighted by Crippen LogP contribution is 2.53. The SMILES string of the molecule is O=P(Oc1ccccc1)(Oc1ccccc1)OC(/C=C/c1ccccc1)c1ccccc1. The molecule has 4 aromatic carbocycles. The van der Waals surface area contributed by atoms with Gasteiger partial charge in [-0.05, 0) is 35.4 Å². The molecule has 4 aromatic rings. The van der Waals surface area contributed by atoms with Gasteiger partial charge in [-0.25, -0.2) is 4.57 Å². The van der Waals surface area contributed by atoms with Gasteiger partial charge in [-0.1, -0.05) is 109 Å². The van der Waals surface area contributed by atoms with Gasteiger partial charge < -0.3 is 9.05 Å². The van der Waals surface area contributed by atoms with E-state index in [4.69, 9.17) is 13.6 Å². The van der Waals surface area contributed by atoms with Crippen LogP contribution in [0.4, 0.5) is 0 Å². The van der Waals surface area contributed by atoms with E-state index in [9.17, 15) is 4.57 Å². The Bertz CT molecular complexity index is 1120. The predicted octanol–water partition coefficient (Wildman–Crippen LogP) is 7.72. The Morgan fingerprint density at radius 2 is 1.03 bits per heavy atom. The van der Waals surface area contributed by atoms with Crippen molar-refractivity contribution in [2.45, 2.75) is 6.10 Å². The summed E-state index contributed by atoms with van der Waals surface area (Å²) in [6.45, 7) is 0. The van der Waals surface area contributed by atoms with Crippen LogP contribution in [-0.4, -0.2) is 0 Å². The Kier molecular flexibility index (Phi) is 7.19. The topological polar surface area (TPSA) is 44.8 Å². The van der Waals surface area contributed by atoms with Crippen LogP contribution >= 0.6 is 7.82 Å². The number of hydrogen-bond donors (Lipinski definition) is 0. The van der Waals surface area contributed by atoms with Gasteiger partial charge in [0.1, 0.15) is 17.6 Å². The largest absolute Gasteiger partial charge is 0.588 e. The first-order valence-corrected chi connectivity index (χ1v) is 11.7. The van der Waals surface area contributed by atoms with E-state index >= 15 is 0 Å². The molecule has 0 amide bonds. The molecule has 32 heavy (non-hydrogen) atoms. The molecule has 0 saturated heterocycles. The molecular weight excluding hydrogens is 419 g/mol. The van der Waals surface area contributed by atoms with Gasteiger partial charge in [-0.15, -0.1) is 0 Å². The van der Waals surface area contributed by atoms with Crippen molar-refractivity contribution in [2.75, 3.05) is 0 Å². The van der Waals surface area contributed by atoms with Crippen molar-refractivity contribution in [3.63, 3.8) is 0 Å². The third-order valence-corrected chi connectivity index (χ3v) is 5.91. The highest BCUT2D eigenvalue weighted by Gasteiger charge is 2.34. The fourth-order valence-corrected chi connectivity index (χ4v) is 4.39. The van der Waals surface area contributed by atoms with Crippen molar-refractivity contribution < 1.29 is 18.1 Å². The lowest BCUT2D eigenvalue weighted by Gasteiger charge is -2.23. The number of rotatable bonds is 9. The summed E-state index contributed by atoms with van der Waals surface area (Å²) in [5.41, 5.74) is 1.83. The minimum absolute atomic E-state index is 0.394. The normalized spacial score (nSPS) is 12.4. The number of phosphoric acid groups is 1. The van der Waals surface area contributed by atoms with Crippen molar-refractivity contribution >= 4 is 13.9 Å². The van der Waals surface area contributed by atoms with E-state index in [-0.39, 0.29) is 0 Å². The lowest BCUT2D eigenvalue weighted by molar-refractivity contribution is 0.174. The molecule has 0 bridgehead atoms. The first kappa shape index (κ1) is 21.6. The van der Waals surface area contributed by atoms with E-state index in [1.165, 1.54) is 0 Å². The molecule has 0 aliphatic rings. The summed E-state index contributed by atoms with van der Waals surface area (Å²) >= 11 is 0. The Balaban J connectivity index is 1.67. The zero-order valence-electron chi connectivity index (χ0n) is 17.4. The Labute approximate surface area is 188 Å². The van der Waals surface area contributed by atoms with Gasteiger partial charge in [0.2, 0.25) is 0 Å². The molecule has 1 atom stereocenters. The molecule has 160 valence electrons. The molecule has 0 saturated carbocycles. The van der Waals surface area contributed by atoms with Crippen LogP contribution in [0.2, 0.25) is 0 Å². The summed E-state index contributed by atoms with van der Waals surface area (Å²) < 4.78 is 31.5. The first-order chi connectivity index (χ1) is 15.7. The fraction of sp³-hybridized carbons (Fsp3) is 0.0370. The standard InChI is InChI=1S/C27H23O4P/c28-32(29-25-17-9-3-10-18-25,30-26-19-11-4-12-20-26)31-27(24-15-7-2-8-16-24)22-21-23-13-5-1-6-14-23/h1-22,27H/b22-21+. The maximum absolute atomic E-state index is 13.8. The van der Waals surface area contributed by atoms with Crippen molar-refractivity contribution in [1.82, 2.24) is 0 Å². The smallest absolute Gasteiger partial charge is 0.395 e. The summed E-state index contributed by atoms with van der Waals surface area (Å²) in [7, 11) is -4.06. The summed E-state index contributed by atoms with van der Waals surface area (Å²) in [6.07, 6.45) is 3.11. The van der Waals surface area contributed by atoms with E-state index in [0.717, 1.165) is 11.1 Å². The molecule has 0 fully saturated rings. The van der Waals surface area contributed by atoms with E-state index in [0.29, 0.717) is 11.5 Å². The zero-order chi connectivity index (χ0) is 22.1. The maximum Gasteiger partial charge on any atom is 0.588 e. The maximum atomic E-state index is 13.8. The molecule has 0 aliphatic carbocycles. The molecule has 0 heterocycles. The molecule has 0 aromatic heterocycles. The molecule has 5 heteroatoms. The summed E-state index contributed by atoms with van der Waals surface area (Å²) in [4.78, 5) is 0. The van der Waals surface area contributed by atoms with E-state index in [2.05, 4.69) is 0 Å².